The molecule has 0 aromatic carbocycles. The van der Waals surface area contributed by atoms with Gasteiger partial charge < -0.3 is 4.90 Å². The summed E-state index contributed by atoms with van der Waals surface area (Å²) in [6.07, 6.45) is 0.531. The van der Waals surface area contributed by atoms with Crippen molar-refractivity contribution >= 4 is 16.7 Å². The molecule has 0 amide bonds. The molecule has 0 N–H and O–H groups in total. The Labute approximate surface area is 107 Å². The summed E-state index contributed by atoms with van der Waals surface area (Å²) in [7, 11) is 0. The highest BCUT2D eigenvalue weighted by atomic mass is 32.1. The van der Waals surface area contributed by atoms with Crippen LogP contribution in [0, 0.1) is 17.2 Å². The van der Waals surface area contributed by atoms with E-state index in [4.69, 9.17) is 5.26 Å². The fourth-order valence-corrected chi connectivity index (χ4v) is 2.32. The topological polar surface area (TPSA) is 52.8 Å². The predicted molar refractivity (Wildman–Crippen MR) is 71.3 cm³/mol. The Morgan fingerprint density at radius 3 is 2.53 bits per heavy atom. The Balaban J connectivity index is 2.76. The van der Waals surface area contributed by atoms with E-state index in [1.807, 2.05) is 0 Å². The molecule has 17 heavy (non-hydrogen) atoms. The number of anilines is 1. The molecule has 5 heteroatoms. The van der Waals surface area contributed by atoms with Crippen LogP contribution in [0.2, 0.25) is 0 Å². The molecule has 0 saturated carbocycles. The first kappa shape index (κ1) is 13.9. The molecule has 0 unspecified atom stereocenters. The molecule has 0 fully saturated rings. The molecule has 4 nitrogen and oxygen atoms in total. The average Bonchev–Trinajstić information content (AvgIpc) is 2.72. The lowest BCUT2D eigenvalue weighted by atomic mass is 10.2. The molecule has 0 spiro atoms. The number of nitrogens with zero attached hydrogens (tertiary/aromatic N) is 4. The third-order valence-electron chi connectivity index (χ3n) is 2.30. The summed E-state index contributed by atoms with van der Waals surface area (Å²) < 4.78 is 4.36. The molecule has 0 saturated heterocycles. The van der Waals surface area contributed by atoms with Crippen LogP contribution in [0.15, 0.2) is 0 Å². The quantitative estimate of drug-likeness (QED) is 0.781. The van der Waals surface area contributed by atoms with Gasteiger partial charge >= 0.3 is 0 Å². The van der Waals surface area contributed by atoms with Gasteiger partial charge in [0.2, 0.25) is 5.13 Å². The smallest absolute Gasteiger partial charge is 0.205 e. The molecular formula is C12H20N4S. The van der Waals surface area contributed by atoms with Crippen molar-refractivity contribution in [2.45, 2.75) is 40.0 Å². The zero-order chi connectivity index (χ0) is 12.8. The summed E-state index contributed by atoms with van der Waals surface area (Å²) in [5.74, 6) is 1.81. The highest BCUT2D eigenvalue weighted by Crippen LogP contribution is 2.22. The molecular weight excluding hydrogens is 232 g/mol. The number of hydrogen-bond acceptors (Lipinski definition) is 5. The van der Waals surface area contributed by atoms with Crippen molar-refractivity contribution in [1.29, 1.82) is 5.26 Å². The van der Waals surface area contributed by atoms with Crippen LogP contribution < -0.4 is 4.90 Å². The van der Waals surface area contributed by atoms with E-state index in [1.54, 1.807) is 0 Å². The van der Waals surface area contributed by atoms with Crippen molar-refractivity contribution in [3.8, 4) is 6.07 Å². The zero-order valence-electron chi connectivity index (χ0n) is 11.0. The van der Waals surface area contributed by atoms with Gasteiger partial charge in [0.1, 0.15) is 5.82 Å². The van der Waals surface area contributed by atoms with Crippen molar-refractivity contribution in [1.82, 2.24) is 9.36 Å². The van der Waals surface area contributed by atoms with Gasteiger partial charge in [0.05, 0.1) is 12.5 Å². The fourth-order valence-electron chi connectivity index (χ4n) is 1.48. The second-order valence-corrected chi connectivity index (χ2v) is 5.57. The molecule has 0 radical (unpaired) electrons. The lowest BCUT2D eigenvalue weighted by molar-refractivity contribution is 0.610. The minimum Gasteiger partial charge on any atom is -0.346 e. The molecule has 0 atom stereocenters. The number of aromatic nitrogens is 2. The van der Waals surface area contributed by atoms with Gasteiger partial charge in [-0.05, 0) is 5.92 Å². The van der Waals surface area contributed by atoms with Crippen LogP contribution >= 0.6 is 11.5 Å². The first-order chi connectivity index (χ1) is 8.04. The van der Waals surface area contributed by atoms with Gasteiger partial charge in [-0.1, -0.05) is 27.7 Å². The maximum Gasteiger partial charge on any atom is 0.205 e. The summed E-state index contributed by atoms with van der Waals surface area (Å²) >= 11 is 1.43. The standard InChI is InChI=1S/C12H20N4S/c1-9(2)8-16(7-5-6-13)12-14-11(10(3)4)15-17-12/h9-10H,5,7-8H2,1-4H3. The van der Waals surface area contributed by atoms with Gasteiger partial charge in [0.25, 0.3) is 0 Å². The Bertz CT molecular complexity index is 378. The van der Waals surface area contributed by atoms with Gasteiger partial charge in [-0.3, -0.25) is 0 Å². The molecule has 0 bridgehead atoms. The van der Waals surface area contributed by atoms with Crippen molar-refractivity contribution < 1.29 is 0 Å². The van der Waals surface area contributed by atoms with Crippen LogP contribution in [-0.2, 0) is 0 Å². The molecule has 0 aliphatic rings. The Kier molecular flexibility index (Phi) is 5.36. The summed E-state index contributed by atoms with van der Waals surface area (Å²) in [6.45, 7) is 10.2. The Morgan fingerprint density at radius 1 is 1.35 bits per heavy atom. The number of hydrogen-bond donors (Lipinski definition) is 0. The predicted octanol–water partition coefficient (Wildman–Crippen LogP) is 3.04. The van der Waals surface area contributed by atoms with Crippen LogP contribution in [0.5, 0.6) is 0 Å². The highest BCUT2D eigenvalue weighted by Gasteiger charge is 2.14. The normalized spacial score (nSPS) is 10.9. The van der Waals surface area contributed by atoms with E-state index in [0.717, 1.165) is 24.0 Å². The molecule has 94 valence electrons. The largest absolute Gasteiger partial charge is 0.346 e. The second-order valence-electron chi connectivity index (χ2n) is 4.84. The fraction of sp³-hybridized carbons (Fsp3) is 0.750. The second kappa shape index (κ2) is 6.55. The third kappa shape index (κ3) is 4.31. The SMILES string of the molecule is CC(C)CN(CCC#N)c1nc(C(C)C)ns1. The van der Waals surface area contributed by atoms with E-state index in [-0.39, 0.29) is 0 Å². The lowest BCUT2D eigenvalue weighted by Crippen LogP contribution is -2.28. The van der Waals surface area contributed by atoms with Crippen LogP contribution in [0.4, 0.5) is 5.13 Å². The van der Waals surface area contributed by atoms with Crippen LogP contribution in [-0.4, -0.2) is 22.4 Å². The maximum absolute atomic E-state index is 8.68. The molecule has 1 rings (SSSR count). The van der Waals surface area contributed by atoms with E-state index < -0.39 is 0 Å². The zero-order valence-corrected chi connectivity index (χ0v) is 11.8. The van der Waals surface area contributed by atoms with Crippen LogP contribution in [0.1, 0.15) is 45.9 Å². The molecule has 0 aliphatic carbocycles. The Morgan fingerprint density at radius 2 is 2.06 bits per heavy atom. The van der Waals surface area contributed by atoms with Crippen molar-refractivity contribution in [2.24, 2.45) is 5.92 Å². The molecule has 0 aliphatic heterocycles. The highest BCUT2D eigenvalue weighted by molar-refractivity contribution is 7.09. The first-order valence-electron chi connectivity index (χ1n) is 6.00. The third-order valence-corrected chi connectivity index (χ3v) is 3.09. The minimum atomic E-state index is 0.358. The van der Waals surface area contributed by atoms with Gasteiger partial charge in [0.15, 0.2) is 0 Å². The monoisotopic (exact) mass is 252 g/mol. The van der Waals surface area contributed by atoms with E-state index in [0.29, 0.717) is 18.3 Å². The minimum absolute atomic E-state index is 0.358. The van der Waals surface area contributed by atoms with Gasteiger partial charge in [0, 0.05) is 30.5 Å². The summed E-state index contributed by atoms with van der Waals surface area (Å²) in [5, 5.41) is 9.62. The van der Waals surface area contributed by atoms with E-state index in [1.165, 1.54) is 11.5 Å². The number of rotatable bonds is 6. The van der Waals surface area contributed by atoms with Crippen LogP contribution in [0.25, 0.3) is 0 Å². The Hall–Kier alpha value is -1.15. The van der Waals surface area contributed by atoms with Crippen LogP contribution in [0.3, 0.4) is 0 Å². The number of nitriles is 1. The summed E-state index contributed by atoms with van der Waals surface area (Å²) in [4.78, 5) is 6.70. The van der Waals surface area contributed by atoms with Gasteiger partial charge in [-0.25, -0.2) is 4.98 Å². The van der Waals surface area contributed by atoms with Crippen molar-refractivity contribution in [2.75, 3.05) is 18.0 Å². The van der Waals surface area contributed by atoms with Crippen molar-refractivity contribution in [3.05, 3.63) is 5.82 Å². The first-order valence-corrected chi connectivity index (χ1v) is 6.77. The molecule has 1 aromatic rings. The molecule has 1 aromatic heterocycles. The van der Waals surface area contributed by atoms with E-state index in [2.05, 4.69) is 48.0 Å². The van der Waals surface area contributed by atoms with Gasteiger partial charge in [-0.15, -0.1) is 0 Å². The summed E-state index contributed by atoms with van der Waals surface area (Å²) in [6, 6.07) is 2.19. The van der Waals surface area contributed by atoms with E-state index in [9.17, 15) is 0 Å². The lowest BCUT2D eigenvalue weighted by Gasteiger charge is -2.22. The molecule has 1 heterocycles. The van der Waals surface area contributed by atoms with E-state index >= 15 is 0 Å². The summed E-state index contributed by atoms with van der Waals surface area (Å²) in [5.41, 5.74) is 0. The van der Waals surface area contributed by atoms with Crippen molar-refractivity contribution in [3.63, 3.8) is 0 Å². The maximum atomic E-state index is 8.68. The average molecular weight is 252 g/mol. The van der Waals surface area contributed by atoms with Gasteiger partial charge in [-0.2, -0.15) is 9.64 Å².